The summed E-state index contributed by atoms with van der Waals surface area (Å²) >= 11 is 0. The van der Waals surface area contributed by atoms with Crippen LogP contribution in [0.5, 0.6) is 0 Å². The third-order valence-corrected chi connectivity index (χ3v) is 3.47. The topological polar surface area (TPSA) is 118 Å². The Kier molecular flexibility index (Phi) is 5.39. The average Bonchev–Trinajstić information content (AvgIpc) is 2.27. The summed E-state index contributed by atoms with van der Waals surface area (Å²) in [7, 11) is -3.76. The minimum atomic E-state index is -3.76. The fourth-order valence-electron chi connectivity index (χ4n) is 1.56. The van der Waals surface area contributed by atoms with E-state index < -0.39 is 10.0 Å². The van der Waals surface area contributed by atoms with E-state index >= 15 is 0 Å². The van der Waals surface area contributed by atoms with Crippen LogP contribution >= 0.6 is 0 Å². The molecule has 102 valence electrons. The maximum absolute atomic E-state index is 11.2. The molecule has 0 aliphatic carbocycles. The van der Waals surface area contributed by atoms with Crippen molar-refractivity contribution in [2.75, 3.05) is 24.2 Å². The number of unbranched alkanes of at least 4 members (excludes halogenated alkanes) is 2. The van der Waals surface area contributed by atoms with E-state index in [1.165, 1.54) is 6.07 Å². The number of benzene rings is 1. The van der Waals surface area contributed by atoms with Gasteiger partial charge >= 0.3 is 0 Å². The fraction of sp³-hybridized carbons (Fsp3) is 0.455. The van der Waals surface area contributed by atoms with Gasteiger partial charge in [0.15, 0.2) is 0 Å². The number of aliphatic hydroxyl groups excluding tert-OH is 1. The third kappa shape index (κ3) is 4.52. The summed E-state index contributed by atoms with van der Waals surface area (Å²) in [4.78, 5) is -0.0617. The Morgan fingerprint density at radius 2 is 1.94 bits per heavy atom. The Hall–Kier alpha value is -1.31. The fourth-order valence-corrected chi connectivity index (χ4v) is 2.21. The summed E-state index contributed by atoms with van der Waals surface area (Å²) in [5.74, 6) is 0. The summed E-state index contributed by atoms with van der Waals surface area (Å²) in [6.45, 7) is 0.949. The number of rotatable bonds is 7. The summed E-state index contributed by atoms with van der Waals surface area (Å²) < 4.78 is 22.3. The van der Waals surface area contributed by atoms with E-state index in [1.807, 2.05) is 0 Å². The molecular weight excluding hydrogens is 254 g/mol. The number of hydrogen-bond acceptors (Lipinski definition) is 5. The lowest BCUT2D eigenvalue weighted by Gasteiger charge is -2.09. The molecule has 6 N–H and O–H groups in total. The van der Waals surface area contributed by atoms with Crippen molar-refractivity contribution in [3.8, 4) is 0 Å². The molecule has 0 bridgehead atoms. The van der Waals surface area contributed by atoms with Gasteiger partial charge in [-0.25, -0.2) is 13.6 Å². The van der Waals surface area contributed by atoms with E-state index in [-0.39, 0.29) is 17.2 Å². The molecule has 1 rings (SSSR count). The summed E-state index contributed by atoms with van der Waals surface area (Å²) in [5, 5.41) is 16.8. The van der Waals surface area contributed by atoms with Crippen molar-refractivity contribution in [1.29, 1.82) is 0 Å². The number of nitrogens with one attached hydrogen (secondary N) is 1. The van der Waals surface area contributed by atoms with Gasteiger partial charge in [0.05, 0.1) is 5.69 Å². The van der Waals surface area contributed by atoms with Gasteiger partial charge in [0, 0.05) is 18.8 Å². The van der Waals surface area contributed by atoms with Crippen molar-refractivity contribution in [1.82, 2.24) is 0 Å². The van der Waals surface area contributed by atoms with Crippen molar-refractivity contribution in [2.24, 2.45) is 5.14 Å². The van der Waals surface area contributed by atoms with Gasteiger partial charge in [-0.3, -0.25) is 0 Å². The number of anilines is 2. The molecule has 0 spiro atoms. The lowest BCUT2D eigenvalue weighted by atomic mass is 10.2. The first-order valence-electron chi connectivity index (χ1n) is 5.72. The van der Waals surface area contributed by atoms with Crippen LogP contribution in [0.25, 0.3) is 0 Å². The molecule has 0 saturated heterocycles. The molecule has 0 aliphatic rings. The van der Waals surface area contributed by atoms with Crippen molar-refractivity contribution in [3.05, 3.63) is 18.2 Å². The predicted octanol–water partition coefficient (Wildman–Crippen LogP) is 0.491. The Balaban J connectivity index is 2.57. The first kappa shape index (κ1) is 14.7. The van der Waals surface area contributed by atoms with E-state index in [0.29, 0.717) is 0 Å². The van der Waals surface area contributed by atoms with Crippen LogP contribution < -0.4 is 16.2 Å². The van der Waals surface area contributed by atoms with Crippen LogP contribution in [0.1, 0.15) is 19.3 Å². The largest absolute Gasteiger partial charge is 0.398 e. The van der Waals surface area contributed by atoms with Crippen molar-refractivity contribution < 1.29 is 13.5 Å². The van der Waals surface area contributed by atoms with E-state index in [9.17, 15) is 8.42 Å². The van der Waals surface area contributed by atoms with Crippen LogP contribution in [0.2, 0.25) is 0 Å². The lowest BCUT2D eigenvalue weighted by molar-refractivity contribution is 0.283. The van der Waals surface area contributed by atoms with Crippen molar-refractivity contribution >= 4 is 21.4 Å². The molecule has 0 unspecified atom stereocenters. The normalized spacial score (nSPS) is 11.4. The number of sulfonamides is 1. The van der Waals surface area contributed by atoms with Gasteiger partial charge in [0.1, 0.15) is 4.90 Å². The molecule has 0 atom stereocenters. The standard InChI is InChI=1S/C11H19N3O3S/c12-10-8-9(14-6-2-1-3-7-15)4-5-11(10)18(13,16)17/h4-5,8,14-15H,1-3,6-7,12H2,(H2,13,16,17). The number of hydrogen-bond donors (Lipinski definition) is 4. The van der Waals surface area contributed by atoms with E-state index in [0.717, 1.165) is 31.5 Å². The maximum atomic E-state index is 11.2. The molecule has 0 aliphatic heterocycles. The van der Waals surface area contributed by atoms with Gasteiger partial charge in [0.25, 0.3) is 0 Å². The molecule has 0 heterocycles. The summed E-state index contributed by atoms with van der Waals surface area (Å²) in [6.07, 6.45) is 2.65. The molecule has 0 aromatic heterocycles. The van der Waals surface area contributed by atoms with Crippen LogP contribution in [0.15, 0.2) is 23.1 Å². The minimum Gasteiger partial charge on any atom is -0.398 e. The maximum Gasteiger partial charge on any atom is 0.240 e. The third-order valence-electron chi connectivity index (χ3n) is 2.48. The Bertz CT molecular complexity index is 488. The summed E-state index contributed by atoms with van der Waals surface area (Å²) in [5.41, 5.74) is 6.52. The zero-order valence-corrected chi connectivity index (χ0v) is 10.9. The lowest BCUT2D eigenvalue weighted by Crippen LogP contribution is -2.14. The predicted molar refractivity (Wildman–Crippen MR) is 71.7 cm³/mol. The van der Waals surface area contributed by atoms with Crippen LogP contribution in [0.4, 0.5) is 11.4 Å². The number of nitrogen functional groups attached to an aromatic ring is 1. The number of nitrogens with two attached hydrogens (primary N) is 2. The zero-order valence-electron chi connectivity index (χ0n) is 10.1. The SMILES string of the molecule is Nc1cc(NCCCCCO)ccc1S(N)(=O)=O. The zero-order chi connectivity index (χ0) is 13.6. The van der Waals surface area contributed by atoms with Gasteiger partial charge < -0.3 is 16.2 Å². The molecular formula is C11H19N3O3S. The summed E-state index contributed by atoms with van der Waals surface area (Å²) in [6, 6.07) is 4.56. The average molecular weight is 273 g/mol. The molecule has 6 nitrogen and oxygen atoms in total. The second-order valence-corrected chi connectivity index (χ2v) is 5.54. The Morgan fingerprint density at radius 3 is 2.50 bits per heavy atom. The molecule has 0 radical (unpaired) electrons. The van der Waals surface area contributed by atoms with Gasteiger partial charge in [-0.05, 0) is 37.5 Å². The first-order chi connectivity index (χ1) is 8.45. The number of aliphatic hydroxyl groups is 1. The van der Waals surface area contributed by atoms with Crippen LogP contribution in [0, 0.1) is 0 Å². The monoisotopic (exact) mass is 273 g/mol. The quantitative estimate of drug-likeness (QED) is 0.426. The van der Waals surface area contributed by atoms with Gasteiger partial charge in [-0.2, -0.15) is 0 Å². The van der Waals surface area contributed by atoms with Crippen molar-refractivity contribution in [2.45, 2.75) is 24.2 Å². The van der Waals surface area contributed by atoms with E-state index in [2.05, 4.69) is 5.32 Å². The second kappa shape index (κ2) is 6.58. The highest BCUT2D eigenvalue weighted by Gasteiger charge is 2.11. The van der Waals surface area contributed by atoms with E-state index in [4.69, 9.17) is 16.0 Å². The molecule has 7 heteroatoms. The van der Waals surface area contributed by atoms with Gasteiger partial charge in [0.2, 0.25) is 10.0 Å². The second-order valence-electron chi connectivity index (χ2n) is 4.01. The molecule has 0 fully saturated rings. The molecule has 0 amide bonds. The minimum absolute atomic E-state index is 0.0617. The molecule has 1 aromatic carbocycles. The highest BCUT2D eigenvalue weighted by Crippen LogP contribution is 2.21. The van der Waals surface area contributed by atoms with Gasteiger partial charge in [-0.15, -0.1) is 0 Å². The Morgan fingerprint density at radius 1 is 1.22 bits per heavy atom. The van der Waals surface area contributed by atoms with Crippen molar-refractivity contribution in [3.63, 3.8) is 0 Å². The smallest absolute Gasteiger partial charge is 0.240 e. The highest BCUT2D eigenvalue weighted by atomic mass is 32.2. The number of primary sulfonamides is 1. The Labute approximate surface area is 107 Å². The van der Waals surface area contributed by atoms with E-state index in [1.54, 1.807) is 12.1 Å². The molecule has 0 saturated carbocycles. The molecule has 18 heavy (non-hydrogen) atoms. The first-order valence-corrected chi connectivity index (χ1v) is 7.27. The van der Waals surface area contributed by atoms with Crippen LogP contribution in [-0.4, -0.2) is 26.7 Å². The van der Waals surface area contributed by atoms with Crippen LogP contribution in [-0.2, 0) is 10.0 Å². The van der Waals surface area contributed by atoms with Gasteiger partial charge in [-0.1, -0.05) is 0 Å². The van der Waals surface area contributed by atoms with Crippen LogP contribution in [0.3, 0.4) is 0 Å². The highest BCUT2D eigenvalue weighted by molar-refractivity contribution is 7.89. The molecule has 1 aromatic rings.